The Labute approximate surface area is 126 Å². The number of carbonyl (C=O) groups is 1. The molecule has 1 atom stereocenters. The molecular formula is C19H22O2. The van der Waals surface area contributed by atoms with Crippen LogP contribution in [0, 0.1) is 26.7 Å². The number of aliphatic carboxylic acids is 1. The highest BCUT2D eigenvalue weighted by atomic mass is 16.4. The van der Waals surface area contributed by atoms with Gasteiger partial charge in [0.1, 0.15) is 0 Å². The van der Waals surface area contributed by atoms with Gasteiger partial charge < -0.3 is 5.11 Å². The van der Waals surface area contributed by atoms with Gasteiger partial charge in [0.05, 0.1) is 5.92 Å². The monoisotopic (exact) mass is 282 g/mol. The smallest absolute Gasteiger partial charge is 0.307 e. The first-order valence-corrected chi connectivity index (χ1v) is 7.30. The number of rotatable bonds is 5. The van der Waals surface area contributed by atoms with Crippen molar-refractivity contribution < 1.29 is 9.90 Å². The van der Waals surface area contributed by atoms with Crippen molar-refractivity contribution in [1.29, 1.82) is 0 Å². The Morgan fingerprint density at radius 3 is 2.38 bits per heavy atom. The van der Waals surface area contributed by atoms with Crippen LogP contribution in [-0.2, 0) is 17.6 Å². The molecule has 2 aromatic rings. The number of carboxylic acid groups (broad SMARTS) is 1. The molecule has 0 aromatic heterocycles. The normalized spacial score (nSPS) is 12.1. The molecule has 1 unspecified atom stereocenters. The minimum absolute atomic E-state index is 0.382. The molecule has 0 radical (unpaired) electrons. The summed E-state index contributed by atoms with van der Waals surface area (Å²) in [5.41, 5.74) is 5.73. The molecule has 2 nitrogen and oxygen atoms in total. The molecule has 0 aliphatic carbocycles. The molecule has 0 aliphatic heterocycles. The van der Waals surface area contributed by atoms with Gasteiger partial charge in [0, 0.05) is 0 Å². The van der Waals surface area contributed by atoms with Crippen molar-refractivity contribution in [2.24, 2.45) is 5.92 Å². The lowest BCUT2D eigenvalue weighted by Crippen LogP contribution is -2.19. The molecule has 0 amide bonds. The first kappa shape index (κ1) is 15.3. The minimum Gasteiger partial charge on any atom is -0.481 e. The fourth-order valence-corrected chi connectivity index (χ4v) is 2.66. The molecule has 0 spiro atoms. The second-order valence-electron chi connectivity index (χ2n) is 5.86. The van der Waals surface area contributed by atoms with Gasteiger partial charge >= 0.3 is 5.97 Å². The Kier molecular flexibility index (Phi) is 4.79. The summed E-state index contributed by atoms with van der Waals surface area (Å²) in [5.74, 6) is -1.11. The maximum Gasteiger partial charge on any atom is 0.307 e. The van der Waals surface area contributed by atoms with Crippen LogP contribution < -0.4 is 0 Å². The Balaban J connectivity index is 2.20. The summed E-state index contributed by atoms with van der Waals surface area (Å²) in [4.78, 5) is 11.6. The van der Waals surface area contributed by atoms with Gasteiger partial charge in [0.15, 0.2) is 0 Å². The second-order valence-corrected chi connectivity index (χ2v) is 5.86. The molecule has 0 saturated heterocycles. The van der Waals surface area contributed by atoms with E-state index < -0.39 is 5.97 Å². The van der Waals surface area contributed by atoms with E-state index in [1.807, 2.05) is 39.0 Å². The fourth-order valence-electron chi connectivity index (χ4n) is 2.66. The molecule has 0 bridgehead atoms. The number of hydrogen-bond acceptors (Lipinski definition) is 1. The Morgan fingerprint density at radius 1 is 1.00 bits per heavy atom. The zero-order valence-corrected chi connectivity index (χ0v) is 12.9. The van der Waals surface area contributed by atoms with Crippen molar-refractivity contribution in [2.75, 3.05) is 0 Å². The van der Waals surface area contributed by atoms with E-state index in [4.69, 9.17) is 0 Å². The summed E-state index contributed by atoms with van der Waals surface area (Å²) >= 11 is 0. The molecule has 110 valence electrons. The number of benzene rings is 2. The van der Waals surface area contributed by atoms with Crippen LogP contribution in [0.2, 0.25) is 0 Å². The van der Waals surface area contributed by atoms with Gasteiger partial charge in [-0.25, -0.2) is 0 Å². The summed E-state index contributed by atoms with van der Waals surface area (Å²) in [6, 6.07) is 14.3. The van der Waals surface area contributed by atoms with E-state index in [0.29, 0.717) is 12.8 Å². The van der Waals surface area contributed by atoms with E-state index >= 15 is 0 Å². The van der Waals surface area contributed by atoms with Crippen molar-refractivity contribution in [2.45, 2.75) is 33.6 Å². The highest BCUT2D eigenvalue weighted by Gasteiger charge is 2.19. The zero-order valence-electron chi connectivity index (χ0n) is 12.9. The van der Waals surface area contributed by atoms with Crippen LogP contribution in [0.3, 0.4) is 0 Å². The van der Waals surface area contributed by atoms with Gasteiger partial charge in [-0.1, -0.05) is 53.6 Å². The third kappa shape index (κ3) is 4.19. The second kappa shape index (κ2) is 6.57. The highest BCUT2D eigenvalue weighted by Crippen LogP contribution is 2.19. The van der Waals surface area contributed by atoms with Crippen LogP contribution in [0.4, 0.5) is 0 Å². The van der Waals surface area contributed by atoms with Crippen molar-refractivity contribution in [3.05, 3.63) is 70.3 Å². The summed E-state index contributed by atoms with van der Waals surface area (Å²) in [7, 11) is 0. The van der Waals surface area contributed by atoms with Crippen LogP contribution in [0.5, 0.6) is 0 Å². The van der Waals surface area contributed by atoms with Crippen molar-refractivity contribution in [3.8, 4) is 0 Å². The molecule has 21 heavy (non-hydrogen) atoms. The van der Waals surface area contributed by atoms with Gasteiger partial charge in [-0.3, -0.25) is 4.79 Å². The fraction of sp³-hybridized carbons (Fsp3) is 0.316. The van der Waals surface area contributed by atoms with Crippen LogP contribution in [-0.4, -0.2) is 11.1 Å². The lowest BCUT2D eigenvalue weighted by molar-refractivity contribution is -0.141. The van der Waals surface area contributed by atoms with Crippen LogP contribution in [0.15, 0.2) is 42.5 Å². The first-order chi connectivity index (χ1) is 9.95. The third-order valence-corrected chi connectivity index (χ3v) is 3.88. The lowest BCUT2D eigenvalue weighted by Gasteiger charge is -2.15. The Morgan fingerprint density at radius 2 is 1.71 bits per heavy atom. The lowest BCUT2D eigenvalue weighted by atomic mass is 9.90. The summed E-state index contributed by atoms with van der Waals surface area (Å²) < 4.78 is 0. The maximum absolute atomic E-state index is 11.6. The topological polar surface area (TPSA) is 37.3 Å². The van der Waals surface area contributed by atoms with Crippen molar-refractivity contribution >= 4 is 5.97 Å². The average molecular weight is 282 g/mol. The van der Waals surface area contributed by atoms with E-state index in [2.05, 4.69) is 24.3 Å². The van der Waals surface area contributed by atoms with Crippen LogP contribution >= 0.6 is 0 Å². The highest BCUT2D eigenvalue weighted by molar-refractivity contribution is 5.71. The predicted molar refractivity (Wildman–Crippen MR) is 85.6 cm³/mol. The standard InChI is InChI=1S/C19H22O2/c1-13-5-4-6-16(9-13)11-18(19(20)21)12-17-10-14(2)7-8-15(17)3/h4-10,18H,11-12H2,1-3H3,(H,20,21). The van der Waals surface area contributed by atoms with Gasteiger partial charge in [0.25, 0.3) is 0 Å². The van der Waals surface area contributed by atoms with Crippen LogP contribution in [0.1, 0.15) is 27.8 Å². The molecule has 2 rings (SSSR count). The molecule has 0 fully saturated rings. The Hall–Kier alpha value is -2.09. The van der Waals surface area contributed by atoms with Gasteiger partial charge in [0.2, 0.25) is 0 Å². The molecule has 2 aromatic carbocycles. The van der Waals surface area contributed by atoms with E-state index in [9.17, 15) is 9.90 Å². The summed E-state index contributed by atoms with van der Waals surface area (Å²) in [6.07, 6.45) is 1.15. The quantitative estimate of drug-likeness (QED) is 0.896. The average Bonchev–Trinajstić information content (AvgIpc) is 2.42. The first-order valence-electron chi connectivity index (χ1n) is 7.30. The van der Waals surface area contributed by atoms with E-state index in [0.717, 1.165) is 16.7 Å². The number of hydrogen-bond donors (Lipinski definition) is 1. The Bertz CT molecular complexity index is 644. The third-order valence-electron chi connectivity index (χ3n) is 3.88. The molecule has 0 heterocycles. The zero-order chi connectivity index (χ0) is 15.4. The SMILES string of the molecule is Cc1cccc(CC(Cc2cc(C)ccc2C)C(=O)O)c1. The molecule has 1 N–H and O–H groups in total. The molecular weight excluding hydrogens is 260 g/mol. The maximum atomic E-state index is 11.6. The van der Waals surface area contributed by atoms with Gasteiger partial charge in [-0.15, -0.1) is 0 Å². The van der Waals surface area contributed by atoms with E-state index in [1.165, 1.54) is 11.1 Å². The minimum atomic E-state index is -0.725. The van der Waals surface area contributed by atoms with Crippen molar-refractivity contribution in [1.82, 2.24) is 0 Å². The van der Waals surface area contributed by atoms with Gasteiger partial charge in [-0.05, 0) is 50.3 Å². The van der Waals surface area contributed by atoms with E-state index in [-0.39, 0.29) is 5.92 Å². The van der Waals surface area contributed by atoms with Gasteiger partial charge in [-0.2, -0.15) is 0 Å². The number of carboxylic acids is 1. The van der Waals surface area contributed by atoms with Crippen LogP contribution in [0.25, 0.3) is 0 Å². The molecule has 0 saturated carbocycles. The molecule has 2 heteroatoms. The van der Waals surface area contributed by atoms with Crippen molar-refractivity contribution in [3.63, 3.8) is 0 Å². The largest absolute Gasteiger partial charge is 0.481 e. The number of aryl methyl sites for hydroxylation is 3. The summed E-state index contributed by atoms with van der Waals surface area (Å²) in [5, 5.41) is 9.53. The summed E-state index contributed by atoms with van der Waals surface area (Å²) in [6.45, 7) is 6.11. The predicted octanol–water partition coefficient (Wildman–Crippen LogP) is 4.10. The van der Waals surface area contributed by atoms with E-state index in [1.54, 1.807) is 0 Å². The molecule has 0 aliphatic rings.